The van der Waals surface area contributed by atoms with Gasteiger partial charge in [0.1, 0.15) is 4.70 Å². The average molecular weight is 326 g/mol. The molecule has 5 nitrogen and oxygen atoms in total. The second kappa shape index (κ2) is 6.62. The van der Waals surface area contributed by atoms with Crippen molar-refractivity contribution in [1.29, 1.82) is 0 Å². The summed E-state index contributed by atoms with van der Waals surface area (Å²) in [6.45, 7) is 6.15. The monoisotopic (exact) mass is 326 g/mol. The molecule has 7 heteroatoms. The van der Waals surface area contributed by atoms with Gasteiger partial charge in [-0.25, -0.2) is 4.98 Å². The molecule has 21 heavy (non-hydrogen) atoms. The zero-order chi connectivity index (χ0) is 15.6. The van der Waals surface area contributed by atoms with Crippen LogP contribution < -0.4 is 5.56 Å². The number of nitrogens with zero attached hydrogens (tertiary/aromatic N) is 2. The molecule has 2 aromatic rings. The SMILES string of the molecule is CCC(C)C(C)n1c(SCC(=O)O)nc2ccsc2c1=O. The highest BCUT2D eigenvalue weighted by Gasteiger charge is 2.21. The minimum Gasteiger partial charge on any atom is -0.481 e. The van der Waals surface area contributed by atoms with Crippen LogP contribution in [-0.2, 0) is 4.79 Å². The molecule has 0 radical (unpaired) electrons. The largest absolute Gasteiger partial charge is 0.481 e. The van der Waals surface area contributed by atoms with E-state index in [-0.39, 0.29) is 17.4 Å². The van der Waals surface area contributed by atoms with Gasteiger partial charge in [-0.3, -0.25) is 14.2 Å². The summed E-state index contributed by atoms with van der Waals surface area (Å²) < 4.78 is 2.28. The molecule has 0 amide bonds. The molecule has 0 aliphatic carbocycles. The second-order valence-corrected chi connectivity index (χ2v) is 6.87. The zero-order valence-electron chi connectivity index (χ0n) is 12.2. The van der Waals surface area contributed by atoms with Crippen molar-refractivity contribution in [2.24, 2.45) is 5.92 Å². The van der Waals surface area contributed by atoms with E-state index >= 15 is 0 Å². The molecule has 0 bridgehead atoms. The number of fused-ring (bicyclic) bond motifs is 1. The zero-order valence-corrected chi connectivity index (χ0v) is 13.8. The standard InChI is InChI=1S/C14H18N2O3S2/c1-4-8(2)9(3)16-13(19)12-10(5-6-20-12)15-14(16)21-7-11(17)18/h5-6,8-9H,4,7H2,1-3H3,(H,17,18). The summed E-state index contributed by atoms with van der Waals surface area (Å²) in [6, 6.07) is 1.78. The Labute approximate surface area is 131 Å². The van der Waals surface area contributed by atoms with E-state index in [2.05, 4.69) is 18.8 Å². The summed E-state index contributed by atoms with van der Waals surface area (Å²) in [4.78, 5) is 28.0. The van der Waals surface area contributed by atoms with Crippen molar-refractivity contribution in [3.05, 3.63) is 21.8 Å². The van der Waals surface area contributed by atoms with Gasteiger partial charge in [-0.05, 0) is 24.3 Å². The van der Waals surface area contributed by atoms with E-state index < -0.39 is 5.97 Å². The van der Waals surface area contributed by atoms with Crippen LogP contribution in [0.25, 0.3) is 10.2 Å². The molecular weight excluding hydrogens is 308 g/mol. The number of aromatic nitrogens is 2. The third-order valence-electron chi connectivity index (χ3n) is 3.68. The second-order valence-electron chi connectivity index (χ2n) is 5.01. The molecule has 1 N–H and O–H groups in total. The van der Waals surface area contributed by atoms with Crippen molar-refractivity contribution >= 4 is 39.3 Å². The highest BCUT2D eigenvalue weighted by molar-refractivity contribution is 7.99. The highest BCUT2D eigenvalue weighted by atomic mass is 32.2. The Morgan fingerprint density at radius 3 is 2.86 bits per heavy atom. The van der Waals surface area contributed by atoms with Crippen molar-refractivity contribution in [2.45, 2.75) is 38.4 Å². The van der Waals surface area contributed by atoms with Gasteiger partial charge in [-0.2, -0.15) is 0 Å². The molecule has 2 unspecified atom stereocenters. The van der Waals surface area contributed by atoms with Crippen LogP contribution in [0.1, 0.15) is 33.2 Å². The molecule has 0 aromatic carbocycles. The number of aliphatic carboxylic acids is 1. The normalized spacial score (nSPS) is 14.2. The van der Waals surface area contributed by atoms with Crippen LogP contribution in [0, 0.1) is 5.92 Å². The van der Waals surface area contributed by atoms with E-state index in [0.717, 1.165) is 18.2 Å². The Morgan fingerprint density at radius 1 is 1.52 bits per heavy atom. The van der Waals surface area contributed by atoms with Crippen molar-refractivity contribution in [3.8, 4) is 0 Å². The van der Waals surface area contributed by atoms with Crippen LogP contribution in [-0.4, -0.2) is 26.4 Å². The molecule has 114 valence electrons. The van der Waals surface area contributed by atoms with Gasteiger partial charge in [-0.15, -0.1) is 11.3 Å². The highest BCUT2D eigenvalue weighted by Crippen LogP contribution is 2.27. The number of carboxylic acid groups (broad SMARTS) is 1. The van der Waals surface area contributed by atoms with E-state index in [1.54, 1.807) is 10.6 Å². The maximum absolute atomic E-state index is 12.7. The lowest BCUT2D eigenvalue weighted by atomic mass is 10.0. The Kier molecular flexibility index (Phi) is 5.05. The predicted molar refractivity (Wildman–Crippen MR) is 86.4 cm³/mol. The molecule has 0 fully saturated rings. The molecule has 2 aromatic heterocycles. The lowest BCUT2D eigenvalue weighted by molar-refractivity contribution is -0.133. The number of carbonyl (C=O) groups is 1. The maximum atomic E-state index is 12.7. The fourth-order valence-electron chi connectivity index (χ4n) is 2.09. The number of thioether (sulfide) groups is 1. The molecule has 0 saturated carbocycles. The Hall–Kier alpha value is -1.34. The van der Waals surface area contributed by atoms with E-state index in [1.165, 1.54) is 11.3 Å². The fourth-order valence-corrected chi connectivity index (χ4v) is 3.66. The van der Waals surface area contributed by atoms with Gasteiger partial charge < -0.3 is 5.11 Å². The van der Waals surface area contributed by atoms with Crippen LogP contribution in [0.15, 0.2) is 21.4 Å². The molecular formula is C14H18N2O3S2. The lowest BCUT2D eigenvalue weighted by Crippen LogP contribution is -2.29. The smallest absolute Gasteiger partial charge is 0.313 e. The number of thiophene rings is 1. The summed E-state index contributed by atoms with van der Waals surface area (Å²) in [5.41, 5.74) is 0.571. The number of rotatable bonds is 6. The number of hydrogen-bond donors (Lipinski definition) is 1. The predicted octanol–water partition coefficient (Wildman–Crippen LogP) is 3.24. The number of hydrogen-bond acceptors (Lipinski definition) is 5. The number of carboxylic acids is 1. The van der Waals surface area contributed by atoms with E-state index in [4.69, 9.17) is 5.11 Å². The summed E-state index contributed by atoms with van der Waals surface area (Å²) in [5, 5.41) is 11.2. The van der Waals surface area contributed by atoms with Crippen LogP contribution in [0.3, 0.4) is 0 Å². The van der Waals surface area contributed by atoms with Gasteiger partial charge in [-0.1, -0.05) is 32.0 Å². The van der Waals surface area contributed by atoms with E-state index in [1.807, 2.05) is 12.3 Å². The summed E-state index contributed by atoms with van der Waals surface area (Å²) in [6.07, 6.45) is 0.944. The van der Waals surface area contributed by atoms with Crippen molar-refractivity contribution in [2.75, 3.05) is 5.75 Å². The minimum atomic E-state index is -0.914. The Morgan fingerprint density at radius 2 is 2.24 bits per heavy atom. The third-order valence-corrected chi connectivity index (χ3v) is 5.51. The fraction of sp³-hybridized carbons (Fsp3) is 0.500. The topological polar surface area (TPSA) is 72.2 Å². The first-order chi connectivity index (χ1) is 9.95. The van der Waals surface area contributed by atoms with Crippen molar-refractivity contribution in [1.82, 2.24) is 9.55 Å². The van der Waals surface area contributed by atoms with Gasteiger partial charge in [0.25, 0.3) is 5.56 Å². The van der Waals surface area contributed by atoms with Crippen molar-refractivity contribution < 1.29 is 9.90 Å². The lowest BCUT2D eigenvalue weighted by Gasteiger charge is -2.23. The first-order valence-electron chi connectivity index (χ1n) is 6.80. The van der Waals surface area contributed by atoms with Crippen LogP contribution >= 0.6 is 23.1 Å². The molecule has 2 heterocycles. The summed E-state index contributed by atoms with van der Waals surface area (Å²) in [7, 11) is 0. The van der Waals surface area contributed by atoms with E-state index in [9.17, 15) is 9.59 Å². The maximum Gasteiger partial charge on any atom is 0.313 e. The van der Waals surface area contributed by atoms with Crippen LogP contribution in [0.5, 0.6) is 0 Å². The minimum absolute atomic E-state index is 0.0159. The van der Waals surface area contributed by atoms with Gasteiger partial charge in [0.05, 0.1) is 11.3 Å². The molecule has 0 aliphatic rings. The van der Waals surface area contributed by atoms with Gasteiger partial charge in [0.2, 0.25) is 0 Å². The Balaban J connectivity index is 2.57. The molecule has 0 spiro atoms. The molecule has 2 atom stereocenters. The van der Waals surface area contributed by atoms with Gasteiger partial charge in [0.15, 0.2) is 5.16 Å². The molecule has 2 rings (SSSR count). The van der Waals surface area contributed by atoms with Gasteiger partial charge in [0, 0.05) is 6.04 Å². The van der Waals surface area contributed by atoms with Gasteiger partial charge >= 0.3 is 5.97 Å². The van der Waals surface area contributed by atoms with Crippen LogP contribution in [0.4, 0.5) is 0 Å². The summed E-state index contributed by atoms with van der Waals surface area (Å²) >= 11 is 2.48. The van der Waals surface area contributed by atoms with Crippen molar-refractivity contribution in [3.63, 3.8) is 0 Å². The van der Waals surface area contributed by atoms with Crippen LogP contribution in [0.2, 0.25) is 0 Å². The Bertz CT molecular complexity index is 708. The first kappa shape index (κ1) is 16.0. The third kappa shape index (κ3) is 3.29. The first-order valence-corrected chi connectivity index (χ1v) is 8.66. The average Bonchev–Trinajstić information content (AvgIpc) is 2.92. The summed E-state index contributed by atoms with van der Waals surface area (Å²) in [5.74, 6) is -0.705. The molecule has 0 saturated heterocycles. The van der Waals surface area contributed by atoms with E-state index in [0.29, 0.717) is 21.3 Å². The quantitative estimate of drug-likeness (QED) is 0.652. The molecule has 0 aliphatic heterocycles.